The van der Waals surface area contributed by atoms with Gasteiger partial charge in [0, 0.05) is 12.8 Å². The maximum atomic E-state index is 12.6. The highest BCUT2D eigenvalue weighted by Gasteiger charge is 2.19. The average Bonchev–Trinajstić information content (AvgIpc) is 2.98. The first-order chi connectivity index (χ1) is 20.9. The van der Waals surface area contributed by atoms with Gasteiger partial charge in [-0.15, -0.1) is 0 Å². The van der Waals surface area contributed by atoms with Gasteiger partial charge in [-0.1, -0.05) is 123 Å². The van der Waals surface area contributed by atoms with Crippen LogP contribution in [0.25, 0.3) is 0 Å². The number of unbranched alkanes of at least 4 members (excludes halogenated alkanes) is 18. The number of amides is 1. The van der Waals surface area contributed by atoms with Crippen LogP contribution in [0.3, 0.4) is 0 Å². The molecule has 0 aromatic carbocycles. The molecule has 1 amide bonds. The summed E-state index contributed by atoms with van der Waals surface area (Å²) in [6.07, 6.45) is 31.2. The van der Waals surface area contributed by atoms with Crippen molar-refractivity contribution in [1.82, 2.24) is 5.32 Å². The molecule has 0 aliphatic rings. The van der Waals surface area contributed by atoms with Crippen molar-refractivity contribution in [2.24, 2.45) is 5.73 Å². The molecule has 0 rings (SSSR count). The van der Waals surface area contributed by atoms with Crippen molar-refractivity contribution < 1.29 is 24.2 Å². The lowest BCUT2D eigenvalue weighted by molar-refractivity contribution is -0.147. The minimum absolute atomic E-state index is 0.0900. The predicted molar refractivity (Wildman–Crippen MR) is 179 cm³/mol. The average molecular weight is 609 g/mol. The minimum Gasteiger partial charge on any atom is -0.480 e. The Balaban J connectivity index is 4.31. The first-order valence-electron chi connectivity index (χ1n) is 18.0. The summed E-state index contributed by atoms with van der Waals surface area (Å²) in [6, 6.07) is -0.866. The topological polar surface area (TPSA) is 119 Å². The van der Waals surface area contributed by atoms with Crippen molar-refractivity contribution in [3.05, 3.63) is 12.2 Å². The van der Waals surface area contributed by atoms with Crippen LogP contribution in [0, 0.1) is 0 Å². The molecule has 43 heavy (non-hydrogen) atoms. The second kappa shape index (κ2) is 31.5. The predicted octanol–water partition coefficient (Wildman–Crippen LogP) is 9.16. The van der Waals surface area contributed by atoms with Gasteiger partial charge in [0.2, 0.25) is 5.91 Å². The number of allylic oxidation sites excluding steroid dienone is 1. The third-order valence-electron chi connectivity index (χ3n) is 8.07. The normalized spacial score (nSPS) is 12.8. The van der Waals surface area contributed by atoms with E-state index in [2.05, 4.69) is 31.3 Å². The van der Waals surface area contributed by atoms with Crippen LogP contribution in [0.1, 0.15) is 181 Å². The van der Waals surface area contributed by atoms with Gasteiger partial charge < -0.3 is 20.9 Å². The molecule has 0 saturated heterocycles. The summed E-state index contributed by atoms with van der Waals surface area (Å²) in [7, 11) is 0. The van der Waals surface area contributed by atoms with Gasteiger partial charge in [-0.2, -0.15) is 0 Å². The molecule has 0 aromatic heterocycles. The number of nitrogens with one attached hydrogen (secondary N) is 1. The summed E-state index contributed by atoms with van der Waals surface area (Å²) in [6.45, 7) is 4.89. The molecule has 0 spiro atoms. The molecule has 2 unspecified atom stereocenters. The number of nitrogens with two attached hydrogens (primary N) is 1. The van der Waals surface area contributed by atoms with Gasteiger partial charge in [0.1, 0.15) is 12.1 Å². The number of ether oxygens (including phenoxy) is 1. The number of aliphatic carboxylic acids is 1. The van der Waals surface area contributed by atoms with E-state index in [9.17, 15) is 19.5 Å². The summed E-state index contributed by atoms with van der Waals surface area (Å²) in [5.41, 5.74) is 5.46. The zero-order chi connectivity index (χ0) is 31.8. The molecule has 0 aliphatic carbocycles. The smallest absolute Gasteiger partial charge is 0.326 e. The third kappa shape index (κ3) is 28.6. The van der Waals surface area contributed by atoms with E-state index in [4.69, 9.17) is 10.5 Å². The van der Waals surface area contributed by atoms with Crippen LogP contribution in [-0.4, -0.2) is 41.6 Å². The van der Waals surface area contributed by atoms with Gasteiger partial charge in [0.25, 0.3) is 0 Å². The molecule has 0 fully saturated rings. The second-order valence-electron chi connectivity index (χ2n) is 12.3. The maximum Gasteiger partial charge on any atom is 0.326 e. The molecule has 0 bridgehead atoms. The van der Waals surface area contributed by atoms with E-state index >= 15 is 0 Å². The van der Waals surface area contributed by atoms with E-state index in [1.54, 1.807) is 0 Å². The van der Waals surface area contributed by atoms with Crippen molar-refractivity contribution >= 4 is 17.8 Å². The van der Waals surface area contributed by atoms with E-state index in [-0.39, 0.29) is 18.0 Å². The lowest BCUT2D eigenvalue weighted by atomic mass is 10.0. The highest BCUT2D eigenvalue weighted by molar-refractivity contribution is 5.83. The van der Waals surface area contributed by atoms with Gasteiger partial charge in [-0.25, -0.2) is 4.79 Å². The number of carbonyl (C=O) groups is 3. The maximum absolute atomic E-state index is 12.6. The first-order valence-corrected chi connectivity index (χ1v) is 18.0. The summed E-state index contributed by atoms with van der Waals surface area (Å²) < 4.78 is 5.88. The zero-order valence-electron chi connectivity index (χ0n) is 28.1. The summed E-state index contributed by atoms with van der Waals surface area (Å²) in [5, 5.41) is 11.9. The summed E-state index contributed by atoms with van der Waals surface area (Å²) in [4.78, 5) is 36.1. The quantitative estimate of drug-likeness (QED) is 0.0398. The molecule has 4 N–H and O–H groups in total. The number of hydrogen-bond donors (Lipinski definition) is 3. The Morgan fingerprint density at radius 1 is 0.674 bits per heavy atom. The molecule has 7 heteroatoms. The van der Waals surface area contributed by atoms with Crippen LogP contribution in [-0.2, 0) is 19.1 Å². The van der Waals surface area contributed by atoms with E-state index < -0.39 is 12.0 Å². The van der Waals surface area contributed by atoms with Crippen molar-refractivity contribution in [3.63, 3.8) is 0 Å². The fourth-order valence-electron chi connectivity index (χ4n) is 5.30. The third-order valence-corrected chi connectivity index (χ3v) is 8.07. The molecule has 0 saturated carbocycles. The Labute approximate surface area is 264 Å². The Morgan fingerprint density at radius 3 is 1.74 bits per heavy atom. The SMILES string of the molecule is CCCCCCC/C=C\C(CCCCCCC(=O)NC(CCCN)C(=O)O)OC(=O)CCCCCCCCCCCCC. The number of carbonyl (C=O) groups excluding carboxylic acids is 2. The van der Waals surface area contributed by atoms with Gasteiger partial charge in [-0.3, -0.25) is 9.59 Å². The number of esters is 1. The summed E-state index contributed by atoms with van der Waals surface area (Å²) in [5.74, 6) is -1.33. The van der Waals surface area contributed by atoms with Gasteiger partial charge in [0.15, 0.2) is 0 Å². The van der Waals surface area contributed by atoms with Crippen LogP contribution >= 0.6 is 0 Å². The van der Waals surface area contributed by atoms with Crippen LogP contribution in [0.4, 0.5) is 0 Å². The van der Waals surface area contributed by atoms with Gasteiger partial charge in [-0.05, 0) is 64.0 Å². The minimum atomic E-state index is -1.01. The molecular weight excluding hydrogens is 540 g/mol. The fourth-order valence-corrected chi connectivity index (χ4v) is 5.30. The second-order valence-corrected chi connectivity index (χ2v) is 12.3. The zero-order valence-corrected chi connectivity index (χ0v) is 28.1. The Bertz CT molecular complexity index is 697. The van der Waals surface area contributed by atoms with Crippen molar-refractivity contribution in [1.29, 1.82) is 0 Å². The molecule has 0 aromatic rings. The van der Waals surface area contributed by atoms with E-state index in [0.29, 0.717) is 38.6 Å². The Hall–Kier alpha value is -1.89. The molecule has 2 atom stereocenters. The lowest BCUT2D eigenvalue weighted by Gasteiger charge is -2.15. The number of hydrogen-bond acceptors (Lipinski definition) is 5. The van der Waals surface area contributed by atoms with Crippen LogP contribution in [0.15, 0.2) is 12.2 Å². The molecule has 252 valence electrons. The van der Waals surface area contributed by atoms with Crippen molar-refractivity contribution in [3.8, 4) is 0 Å². The van der Waals surface area contributed by atoms with E-state index in [0.717, 1.165) is 44.9 Å². The first kappa shape index (κ1) is 41.1. The van der Waals surface area contributed by atoms with Crippen molar-refractivity contribution in [2.75, 3.05) is 6.54 Å². The number of carboxylic acids is 1. The number of carboxylic acid groups (broad SMARTS) is 1. The summed E-state index contributed by atoms with van der Waals surface area (Å²) >= 11 is 0. The number of rotatable bonds is 32. The molecule has 0 heterocycles. The largest absolute Gasteiger partial charge is 0.480 e. The van der Waals surface area contributed by atoms with Crippen LogP contribution in [0.2, 0.25) is 0 Å². The molecule has 7 nitrogen and oxygen atoms in total. The standard InChI is InChI=1S/C36H68N2O5/c1-3-5-7-9-11-12-13-14-16-18-24-30-35(40)43-32(26-21-17-15-10-8-6-4-2)27-22-19-20-23-29-34(39)38-33(36(41)42)28-25-31-37/h21,26,32-33H,3-20,22-25,27-31,37H2,1-2H3,(H,38,39)(H,41,42)/b26-21-. The molecule has 0 radical (unpaired) electrons. The highest BCUT2D eigenvalue weighted by Crippen LogP contribution is 2.16. The van der Waals surface area contributed by atoms with Crippen LogP contribution < -0.4 is 11.1 Å². The van der Waals surface area contributed by atoms with Crippen molar-refractivity contribution in [2.45, 2.75) is 193 Å². The highest BCUT2D eigenvalue weighted by atomic mass is 16.5. The van der Waals surface area contributed by atoms with Gasteiger partial charge in [0.05, 0.1) is 0 Å². The molecular formula is C36H68N2O5. The van der Waals surface area contributed by atoms with E-state index in [1.165, 1.54) is 89.9 Å². The fraction of sp³-hybridized carbons (Fsp3) is 0.861. The monoisotopic (exact) mass is 609 g/mol. The van der Waals surface area contributed by atoms with Crippen LogP contribution in [0.5, 0.6) is 0 Å². The van der Waals surface area contributed by atoms with Gasteiger partial charge >= 0.3 is 11.9 Å². The lowest BCUT2D eigenvalue weighted by Crippen LogP contribution is -2.40. The Morgan fingerprint density at radius 2 is 1.19 bits per heavy atom. The Kier molecular flexibility index (Phi) is 30.1. The van der Waals surface area contributed by atoms with E-state index in [1.807, 2.05) is 0 Å². The molecule has 0 aliphatic heterocycles.